The molecule has 0 atom stereocenters. The highest BCUT2D eigenvalue weighted by atomic mass is 16.5. The standard InChI is InChI=1S/C15H23NO/c1-2-5-15(6-3-1)13-16-10-4-11-17-12-9-14-7-8-14/h1-3,5-6,14,16H,4,7-13H2. The van der Waals surface area contributed by atoms with Crippen molar-refractivity contribution in [3.63, 3.8) is 0 Å². The van der Waals surface area contributed by atoms with Gasteiger partial charge in [-0.15, -0.1) is 0 Å². The van der Waals surface area contributed by atoms with Crippen LogP contribution in [0.1, 0.15) is 31.2 Å². The van der Waals surface area contributed by atoms with Crippen molar-refractivity contribution in [3.05, 3.63) is 35.9 Å². The van der Waals surface area contributed by atoms with Crippen molar-refractivity contribution in [2.24, 2.45) is 5.92 Å². The van der Waals surface area contributed by atoms with Crippen molar-refractivity contribution in [3.8, 4) is 0 Å². The zero-order chi connectivity index (χ0) is 11.8. The summed E-state index contributed by atoms with van der Waals surface area (Å²) in [6.07, 6.45) is 5.25. The Hall–Kier alpha value is -0.860. The Morgan fingerprint density at radius 2 is 1.94 bits per heavy atom. The van der Waals surface area contributed by atoms with Crippen LogP contribution >= 0.6 is 0 Å². The summed E-state index contributed by atoms with van der Waals surface area (Å²) in [5.41, 5.74) is 1.35. The summed E-state index contributed by atoms with van der Waals surface area (Å²) in [6, 6.07) is 10.5. The van der Waals surface area contributed by atoms with Crippen LogP contribution in [0.15, 0.2) is 30.3 Å². The van der Waals surface area contributed by atoms with E-state index in [2.05, 4.69) is 35.6 Å². The molecule has 1 aromatic rings. The van der Waals surface area contributed by atoms with Gasteiger partial charge in [-0.05, 0) is 30.9 Å². The van der Waals surface area contributed by atoms with E-state index in [-0.39, 0.29) is 0 Å². The van der Waals surface area contributed by atoms with E-state index < -0.39 is 0 Å². The summed E-state index contributed by atoms with van der Waals surface area (Å²) in [6.45, 7) is 3.86. The molecular formula is C15H23NO. The Labute approximate surface area is 104 Å². The summed E-state index contributed by atoms with van der Waals surface area (Å²) < 4.78 is 5.60. The lowest BCUT2D eigenvalue weighted by molar-refractivity contribution is 0.125. The Bertz CT molecular complexity index is 295. The maximum atomic E-state index is 5.60. The van der Waals surface area contributed by atoms with E-state index in [4.69, 9.17) is 4.74 Å². The SMILES string of the molecule is c1ccc(CNCCCOCCC2CC2)cc1. The molecule has 2 heteroatoms. The maximum Gasteiger partial charge on any atom is 0.0478 e. The van der Waals surface area contributed by atoms with Crippen molar-refractivity contribution in [2.45, 2.75) is 32.2 Å². The molecule has 0 spiro atoms. The van der Waals surface area contributed by atoms with Gasteiger partial charge in [-0.3, -0.25) is 0 Å². The fourth-order valence-corrected chi connectivity index (χ4v) is 1.89. The van der Waals surface area contributed by atoms with Crippen LogP contribution in [0.3, 0.4) is 0 Å². The first-order chi connectivity index (χ1) is 8.45. The van der Waals surface area contributed by atoms with E-state index in [9.17, 15) is 0 Å². The molecule has 0 saturated heterocycles. The lowest BCUT2D eigenvalue weighted by Crippen LogP contribution is -2.16. The van der Waals surface area contributed by atoms with Crippen molar-refractivity contribution >= 4 is 0 Å². The summed E-state index contributed by atoms with van der Waals surface area (Å²) in [5, 5.41) is 3.43. The van der Waals surface area contributed by atoms with Gasteiger partial charge in [-0.25, -0.2) is 0 Å². The summed E-state index contributed by atoms with van der Waals surface area (Å²) in [4.78, 5) is 0. The van der Waals surface area contributed by atoms with Gasteiger partial charge in [-0.2, -0.15) is 0 Å². The van der Waals surface area contributed by atoms with E-state index in [1.54, 1.807) is 0 Å². The fraction of sp³-hybridized carbons (Fsp3) is 0.600. The smallest absolute Gasteiger partial charge is 0.0478 e. The molecule has 1 fully saturated rings. The zero-order valence-corrected chi connectivity index (χ0v) is 10.5. The molecule has 1 saturated carbocycles. The minimum absolute atomic E-state index is 0.897. The van der Waals surface area contributed by atoms with Gasteiger partial charge in [0.1, 0.15) is 0 Å². The second-order valence-electron chi connectivity index (χ2n) is 4.86. The Balaban J connectivity index is 1.38. The van der Waals surface area contributed by atoms with Crippen LogP contribution in [0, 0.1) is 5.92 Å². The molecule has 2 rings (SSSR count). The molecule has 0 aliphatic heterocycles. The minimum atomic E-state index is 0.897. The van der Waals surface area contributed by atoms with Gasteiger partial charge in [0.15, 0.2) is 0 Å². The van der Waals surface area contributed by atoms with Crippen molar-refractivity contribution in [1.29, 1.82) is 0 Å². The summed E-state index contributed by atoms with van der Waals surface area (Å²) >= 11 is 0. The van der Waals surface area contributed by atoms with Gasteiger partial charge in [0.2, 0.25) is 0 Å². The monoisotopic (exact) mass is 233 g/mol. The van der Waals surface area contributed by atoms with Crippen LogP contribution in [-0.2, 0) is 11.3 Å². The molecule has 1 aliphatic rings. The largest absolute Gasteiger partial charge is 0.381 e. The number of rotatable bonds is 9. The second-order valence-corrected chi connectivity index (χ2v) is 4.86. The van der Waals surface area contributed by atoms with Gasteiger partial charge < -0.3 is 10.1 Å². The predicted octanol–water partition coefficient (Wildman–Crippen LogP) is 2.98. The molecule has 17 heavy (non-hydrogen) atoms. The zero-order valence-electron chi connectivity index (χ0n) is 10.5. The van der Waals surface area contributed by atoms with Crippen molar-refractivity contribution in [1.82, 2.24) is 5.32 Å². The first-order valence-corrected chi connectivity index (χ1v) is 6.77. The van der Waals surface area contributed by atoms with E-state index in [0.717, 1.165) is 38.6 Å². The number of ether oxygens (including phenoxy) is 1. The van der Waals surface area contributed by atoms with E-state index in [1.165, 1.54) is 24.8 Å². The third-order valence-electron chi connectivity index (χ3n) is 3.18. The van der Waals surface area contributed by atoms with Crippen LogP contribution in [-0.4, -0.2) is 19.8 Å². The van der Waals surface area contributed by atoms with Crippen LogP contribution in [0.5, 0.6) is 0 Å². The first-order valence-electron chi connectivity index (χ1n) is 6.77. The Morgan fingerprint density at radius 1 is 1.12 bits per heavy atom. The van der Waals surface area contributed by atoms with E-state index in [0.29, 0.717) is 0 Å². The topological polar surface area (TPSA) is 21.3 Å². The van der Waals surface area contributed by atoms with Crippen molar-refractivity contribution < 1.29 is 4.74 Å². The molecule has 0 heterocycles. The minimum Gasteiger partial charge on any atom is -0.381 e. The fourth-order valence-electron chi connectivity index (χ4n) is 1.89. The van der Waals surface area contributed by atoms with Gasteiger partial charge in [-0.1, -0.05) is 43.2 Å². The van der Waals surface area contributed by atoms with E-state index in [1.807, 2.05) is 0 Å². The molecule has 0 radical (unpaired) electrons. The van der Waals surface area contributed by atoms with Crippen molar-refractivity contribution in [2.75, 3.05) is 19.8 Å². The maximum absolute atomic E-state index is 5.60. The normalized spacial score (nSPS) is 15.1. The number of nitrogens with one attached hydrogen (secondary N) is 1. The predicted molar refractivity (Wildman–Crippen MR) is 70.9 cm³/mol. The molecular weight excluding hydrogens is 210 g/mol. The third-order valence-corrected chi connectivity index (χ3v) is 3.18. The average molecular weight is 233 g/mol. The van der Waals surface area contributed by atoms with Gasteiger partial charge in [0.25, 0.3) is 0 Å². The molecule has 1 aromatic carbocycles. The Morgan fingerprint density at radius 3 is 2.71 bits per heavy atom. The van der Waals surface area contributed by atoms with Crippen LogP contribution in [0.25, 0.3) is 0 Å². The molecule has 94 valence electrons. The lowest BCUT2D eigenvalue weighted by atomic mass is 10.2. The van der Waals surface area contributed by atoms with Crippen LogP contribution < -0.4 is 5.32 Å². The quantitative estimate of drug-likeness (QED) is 0.662. The van der Waals surface area contributed by atoms with Gasteiger partial charge in [0, 0.05) is 19.8 Å². The summed E-state index contributed by atoms with van der Waals surface area (Å²) in [5.74, 6) is 0.992. The molecule has 0 unspecified atom stereocenters. The molecule has 1 aliphatic carbocycles. The molecule has 2 nitrogen and oxygen atoms in total. The molecule has 0 amide bonds. The highest BCUT2D eigenvalue weighted by Gasteiger charge is 2.20. The third kappa shape index (κ3) is 5.85. The van der Waals surface area contributed by atoms with Gasteiger partial charge >= 0.3 is 0 Å². The van der Waals surface area contributed by atoms with Crippen LogP contribution in [0.2, 0.25) is 0 Å². The average Bonchev–Trinajstić information content (AvgIpc) is 3.18. The molecule has 0 aromatic heterocycles. The number of benzene rings is 1. The first kappa shape index (κ1) is 12.6. The molecule has 1 N–H and O–H groups in total. The summed E-state index contributed by atoms with van der Waals surface area (Å²) in [7, 11) is 0. The highest BCUT2D eigenvalue weighted by molar-refractivity contribution is 5.14. The lowest BCUT2D eigenvalue weighted by Gasteiger charge is -2.05. The second kappa shape index (κ2) is 7.46. The number of hydrogen-bond acceptors (Lipinski definition) is 2. The molecule has 0 bridgehead atoms. The Kier molecular flexibility index (Phi) is 5.53. The van der Waals surface area contributed by atoms with Gasteiger partial charge in [0.05, 0.1) is 0 Å². The van der Waals surface area contributed by atoms with E-state index >= 15 is 0 Å². The number of hydrogen-bond donors (Lipinski definition) is 1. The van der Waals surface area contributed by atoms with Crippen LogP contribution in [0.4, 0.5) is 0 Å². The highest BCUT2D eigenvalue weighted by Crippen LogP contribution is 2.31.